The van der Waals surface area contributed by atoms with E-state index in [0.29, 0.717) is 13.0 Å². The number of fused-ring (bicyclic) bond motifs is 1. The topological polar surface area (TPSA) is 70.5 Å². The fraction of sp³-hybridized carbons (Fsp3) is 0.312. The molecule has 1 amide bonds. The minimum Gasteiger partial charge on any atom is -0.480 e. The fourth-order valence-electron chi connectivity index (χ4n) is 2.90. The average molecular weight is 284 g/mol. The van der Waals surface area contributed by atoms with Gasteiger partial charge in [0.2, 0.25) is 5.91 Å². The Bertz CT molecular complexity index is 693. The molecule has 1 aliphatic heterocycles. The standard InChI is InChI=1S/C16H16N2O3/c19-14(18-9-3-7-13(18)16(20)21)10-12-5-1-4-11-6-2-8-17-15(11)12/h1-2,4-6,8,13H,3,7,9-10H2,(H,20,21)/t13-/m1/s1. The number of carbonyl (C=O) groups is 2. The number of hydrogen-bond acceptors (Lipinski definition) is 3. The predicted octanol–water partition coefficient (Wildman–Crippen LogP) is 1.85. The van der Waals surface area contributed by atoms with Crippen LogP contribution in [0, 0.1) is 0 Å². The first-order chi connectivity index (χ1) is 10.2. The number of rotatable bonds is 3. The van der Waals surface area contributed by atoms with Crippen molar-refractivity contribution in [2.45, 2.75) is 25.3 Å². The second-order valence-corrected chi connectivity index (χ2v) is 5.25. The van der Waals surface area contributed by atoms with E-state index >= 15 is 0 Å². The average Bonchev–Trinajstić information content (AvgIpc) is 2.97. The summed E-state index contributed by atoms with van der Waals surface area (Å²) in [5.74, 6) is -1.06. The SMILES string of the molecule is O=C(O)[C@H]1CCCN1C(=O)Cc1cccc2cccnc12. The maximum absolute atomic E-state index is 12.4. The fourth-order valence-corrected chi connectivity index (χ4v) is 2.90. The number of amides is 1. The Morgan fingerprint density at radius 2 is 2.10 bits per heavy atom. The first-order valence-corrected chi connectivity index (χ1v) is 7.02. The zero-order valence-electron chi connectivity index (χ0n) is 11.5. The number of carboxylic acids is 1. The van der Waals surface area contributed by atoms with Crippen LogP contribution in [0.25, 0.3) is 10.9 Å². The minimum absolute atomic E-state index is 0.141. The second-order valence-electron chi connectivity index (χ2n) is 5.25. The van der Waals surface area contributed by atoms with Gasteiger partial charge >= 0.3 is 5.97 Å². The summed E-state index contributed by atoms with van der Waals surface area (Å²) < 4.78 is 0. The quantitative estimate of drug-likeness (QED) is 0.933. The van der Waals surface area contributed by atoms with Crippen LogP contribution < -0.4 is 0 Å². The molecule has 0 saturated carbocycles. The number of nitrogens with zero attached hydrogens (tertiary/aromatic N) is 2. The largest absolute Gasteiger partial charge is 0.480 e. The third-order valence-corrected chi connectivity index (χ3v) is 3.92. The van der Waals surface area contributed by atoms with E-state index in [2.05, 4.69) is 4.98 Å². The zero-order chi connectivity index (χ0) is 14.8. The van der Waals surface area contributed by atoms with Crippen molar-refractivity contribution < 1.29 is 14.7 Å². The molecule has 2 heterocycles. The van der Waals surface area contributed by atoms with Crippen molar-refractivity contribution in [3.8, 4) is 0 Å². The Balaban J connectivity index is 1.85. The normalized spacial score (nSPS) is 18.1. The number of para-hydroxylation sites is 1. The van der Waals surface area contributed by atoms with E-state index < -0.39 is 12.0 Å². The monoisotopic (exact) mass is 284 g/mol. The van der Waals surface area contributed by atoms with E-state index in [1.807, 2.05) is 30.3 Å². The lowest BCUT2D eigenvalue weighted by atomic mass is 10.1. The van der Waals surface area contributed by atoms with Gasteiger partial charge in [-0.3, -0.25) is 9.78 Å². The van der Waals surface area contributed by atoms with Gasteiger partial charge in [-0.25, -0.2) is 4.79 Å². The van der Waals surface area contributed by atoms with Crippen LogP contribution in [0.3, 0.4) is 0 Å². The van der Waals surface area contributed by atoms with Crippen LogP contribution in [-0.2, 0) is 16.0 Å². The van der Waals surface area contributed by atoms with E-state index in [9.17, 15) is 9.59 Å². The molecular weight excluding hydrogens is 268 g/mol. The summed E-state index contributed by atoms with van der Waals surface area (Å²) in [4.78, 5) is 29.4. The molecule has 21 heavy (non-hydrogen) atoms. The van der Waals surface area contributed by atoms with Crippen molar-refractivity contribution >= 4 is 22.8 Å². The Morgan fingerprint density at radius 3 is 2.90 bits per heavy atom. The van der Waals surface area contributed by atoms with Crippen LogP contribution in [0.2, 0.25) is 0 Å². The smallest absolute Gasteiger partial charge is 0.326 e. The Morgan fingerprint density at radius 1 is 1.29 bits per heavy atom. The summed E-state index contributed by atoms with van der Waals surface area (Å²) in [7, 11) is 0. The van der Waals surface area contributed by atoms with Crippen molar-refractivity contribution in [3.05, 3.63) is 42.1 Å². The third-order valence-electron chi connectivity index (χ3n) is 3.92. The van der Waals surface area contributed by atoms with E-state index in [-0.39, 0.29) is 12.3 Å². The van der Waals surface area contributed by atoms with Crippen molar-refractivity contribution in [1.82, 2.24) is 9.88 Å². The minimum atomic E-state index is -0.920. The molecule has 1 aliphatic rings. The number of aliphatic carboxylic acids is 1. The summed E-state index contributed by atoms with van der Waals surface area (Å²) in [6, 6.07) is 8.85. The molecule has 0 spiro atoms. The molecule has 3 rings (SSSR count). The highest BCUT2D eigenvalue weighted by Gasteiger charge is 2.33. The molecular formula is C16H16N2O3. The highest BCUT2D eigenvalue weighted by molar-refractivity contribution is 5.90. The molecule has 1 aromatic heterocycles. The molecule has 0 unspecified atom stereocenters. The Hall–Kier alpha value is -2.43. The number of benzene rings is 1. The molecule has 2 aromatic rings. The molecule has 0 aliphatic carbocycles. The Labute approximate surface area is 122 Å². The molecule has 0 radical (unpaired) electrons. The number of pyridine rings is 1. The van der Waals surface area contributed by atoms with Crippen LogP contribution in [0.1, 0.15) is 18.4 Å². The lowest BCUT2D eigenvalue weighted by Gasteiger charge is -2.21. The molecule has 1 fully saturated rings. The number of likely N-dealkylation sites (tertiary alicyclic amines) is 1. The third kappa shape index (κ3) is 2.59. The van der Waals surface area contributed by atoms with E-state index in [0.717, 1.165) is 22.9 Å². The number of carboxylic acid groups (broad SMARTS) is 1. The van der Waals surface area contributed by atoms with Gasteiger partial charge in [0, 0.05) is 18.1 Å². The van der Waals surface area contributed by atoms with Crippen LogP contribution in [0.5, 0.6) is 0 Å². The van der Waals surface area contributed by atoms with E-state index in [4.69, 9.17) is 5.11 Å². The first-order valence-electron chi connectivity index (χ1n) is 7.02. The number of aromatic nitrogens is 1. The van der Waals surface area contributed by atoms with Gasteiger partial charge in [0.15, 0.2) is 0 Å². The van der Waals surface area contributed by atoms with Gasteiger partial charge in [0.25, 0.3) is 0 Å². The van der Waals surface area contributed by atoms with Crippen molar-refractivity contribution in [3.63, 3.8) is 0 Å². The van der Waals surface area contributed by atoms with Crippen LogP contribution >= 0.6 is 0 Å². The van der Waals surface area contributed by atoms with Gasteiger partial charge in [-0.15, -0.1) is 0 Å². The van der Waals surface area contributed by atoms with Crippen molar-refractivity contribution in [2.75, 3.05) is 6.54 Å². The van der Waals surface area contributed by atoms with Crippen molar-refractivity contribution in [1.29, 1.82) is 0 Å². The van der Waals surface area contributed by atoms with Gasteiger partial charge in [0.1, 0.15) is 6.04 Å². The van der Waals surface area contributed by atoms with E-state index in [1.54, 1.807) is 6.20 Å². The maximum Gasteiger partial charge on any atom is 0.326 e. The maximum atomic E-state index is 12.4. The molecule has 5 heteroatoms. The summed E-state index contributed by atoms with van der Waals surface area (Å²) >= 11 is 0. The van der Waals surface area contributed by atoms with Gasteiger partial charge in [-0.2, -0.15) is 0 Å². The predicted molar refractivity (Wildman–Crippen MR) is 77.8 cm³/mol. The van der Waals surface area contributed by atoms with Crippen molar-refractivity contribution in [2.24, 2.45) is 0 Å². The summed E-state index contributed by atoms with van der Waals surface area (Å²) in [6.45, 7) is 0.522. The lowest BCUT2D eigenvalue weighted by molar-refractivity contribution is -0.147. The van der Waals surface area contributed by atoms with Gasteiger partial charge in [-0.05, 0) is 24.5 Å². The van der Waals surface area contributed by atoms with Gasteiger partial charge in [-0.1, -0.05) is 24.3 Å². The van der Waals surface area contributed by atoms with E-state index in [1.165, 1.54) is 4.90 Å². The molecule has 1 saturated heterocycles. The second kappa shape index (κ2) is 5.52. The summed E-state index contributed by atoms with van der Waals surface area (Å²) in [6.07, 6.45) is 3.18. The zero-order valence-corrected chi connectivity index (χ0v) is 11.5. The number of hydrogen-bond donors (Lipinski definition) is 1. The molecule has 108 valence electrons. The number of carbonyl (C=O) groups excluding carboxylic acids is 1. The molecule has 1 aromatic carbocycles. The highest BCUT2D eigenvalue weighted by Crippen LogP contribution is 2.21. The van der Waals surface area contributed by atoms with Crippen LogP contribution in [-0.4, -0.2) is 39.5 Å². The Kier molecular flexibility index (Phi) is 3.56. The molecule has 1 N–H and O–H groups in total. The molecule has 5 nitrogen and oxygen atoms in total. The lowest BCUT2D eigenvalue weighted by Crippen LogP contribution is -2.41. The summed E-state index contributed by atoms with van der Waals surface area (Å²) in [5.41, 5.74) is 1.65. The molecule has 0 bridgehead atoms. The van der Waals surface area contributed by atoms with Crippen LogP contribution in [0.15, 0.2) is 36.5 Å². The van der Waals surface area contributed by atoms with Crippen LogP contribution in [0.4, 0.5) is 0 Å². The highest BCUT2D eigenvalue weighted by atomic mass is 16.4. The summed E-state index contributed by atoms with van der Waals surface area (Å²) in [5, 5.41) is 10.1. The van der Waals surface area contributed by atoms with Gasteiger partial charge < -0.3 is 10.0 Å². The van der Waals surface area contributed by atoms with Gasteiger partial charge in [0.05, 0.1) is 11.9 Å². The molecule has 1 atom stereocenters. The first kappa shape index (κ1) is 13.5.